The summed E-state index contributed by atoms with van der Waals surface area (Å²) in [5.41, 5.74) is 6.01. The number of ether oxygens (including phenoxy) is 1. The standard InChI is InChI=1S/C17H25ClN2O2S.ClH/c1-23-10-8-15(19)17(21)20-9-4-5-13(11-20)12-22-16-7-3-2-6-14(16)18;/h2-3,6-7,13,15H,4-5,8-12,19H2,1H3;1H/t13?,15-;/m0./s1. The summed E-state index contributed by atoms with van der Waals surface area (Å²) < 4.78 is 5.83. The minimum atomic E-state index is -0.384. The fraction of sp³-hybridized carbons (Fsp3) is 0.588. The number of amides is 1. The van der Waals surface area contributed by atoms with Gasteiger partial charge in [-0.15, -0.1) is 12.4 Å². The predicted molar refractivity (Wildman–Crippen MR) is 104 cm³/mol. The van der Waals surface area contributed by atoms with E-state index in [4.69, 9.17) is 22.1 Å². The van der Waals surface area contributed by atoms with Crippen LogP contribution in [0.5, 0.6) is 5.75 Å². The Bertz CT molecular complexity index is 519. The van der Waals surface area contributed by atoms with Gasteiger partial charge in [-0.3, -0.25) is 4.79 Å². The summed E-state index contributed by atoms with van der Waals surface area (Å²) in [5.74, 6) is 2.02. The number of nitrogens with two attached hydrogens (primary N) is 1. The first-order valence-corrected chi connectivity index (χ1v) is 9.79. The topological polar surface area (TPSA) is 55.6 Å². The lowest BCUT2D eigenvalue weighted by Gasteiger charge is -2.34. The van der Waals surface area contributed by atoms with Crippen molar-refractivity contribution in [2.45, 2.75) is 25.3 Å². The first-order chi connectivity index (χ1) is 11.1. The van der Waals surface area contributed by atoms with Crippen molar-refractivity contribution in [3.63, 3.8) is 0 Å². The van der Waals surface area contributed by atoms with Gasteiger partial charge in [-0.05, 0) is 43.4 Å². The molecule has 2 atom stereocenters. The quantitative estimate of drug-likeness (QED) is 0.771. The predicted octanol–water partition coefficient (Wildman–Crippen LogP) is 3.46. The van der Waals surface area contributed by atoms with Crippen molar-refractivity contribution in [2.24, 2.45) is 11.7 Å². The lowest BCUT2D eigenvalue weighted by atomic mass is 9.98. The zero-order valence-electron chi connectivity index (χ0n) is 13.9. The minimum Gasteiger partial charge on any atom is -0.492 e. The van der Waals surface area contributed by atoms with E-state index in [-0.39, 0.29) is 24.4 Å². The molecule has 0 saturated carbocycles. The van der Waals surface area contributed by atoms with Gasteiger partial charge in [0.1, 0.15) is 5.75 Å². The molecule has 1 amide bonds. The average Bonchev–Trinajstić information content (AvgIpc) is 2.58. The highest BCUT2D eigenvalue weighted by atomic mass is 35.5. The molecular weight excluding hydrogens is 367 g/mol. The third-order valence-corrected chi connectivity index (χ3v) is 5.05. The van der Waals surface area contributed by atoms with Crippen molar-refractivity contribution in [3.8, 4) is 5.75 Å². The number of benzene rings is 1. The summed E-state index contributed by atoms with van der Waals surface area (Å²) >= 11 is 7.82. The van der Waals surface area contributed by atoms with Crippen LogP contribution in [0, 0.1) is 5.92 Å². The third kappa shape index (κ3) is 6.36. The SMILES string of the molecule is CSCC[C@H](N)C(=O)N1CCCC(COc2ccccc2Cl)C1.Cl. The summed E-state index contributed by atoms with van der Waals surface area (Å²) in [4.78, 5) is 14.3. The molecular formula is C17H26Cl2N2O2S. The molecule has 0 radical (unpaired) electrons. The Morgan fingerprint density at radius 2 is 2.25 bits per heavy atom. The van der Waals surface area contributed by atoms with Crippen LogP contribution in [0.25, 0.3) is 0 Å². The van der Waals surface area contributed by atoms with Gasteiger partial charge in [0.2, 0.25) is 5.91 Å². The maximum absolute atomic E-state index is 12.4. The zero-order valence-corrected chi connectivity index (χ0v) is 16.3. The summed E-state index contributed by atoms with van der Waals surface area (Å²) in [7, 11) is 0. The molecule has 0 bridgehead atoms. The van der Waals surface area contributed by atoms with Crippen LogP contribution in [0.2, 0.25) is 5.02 Å². The van der Waals surface area contributed by atoms with Gasteiger partial charge in [0.05, 0.1) is 17.7 Å². The Morgan fingerprint density at radius 3 is 2.96 bits per heavy atom. The van der Waals surface area contributed by atoms with E-state index in [1.165, 1.54) is 0 Å². The molecule has 1 saturated heterocycles. The number of carbonyl (C=O) groups is 1. The zero-order chi connectivity index (χ0) is 16.7. The van der Waals surface area contributed by atoms with Gasteiger partial charge in [0, 0.05) is 19.0 Å². The monoisotopic (exact) mass is 392 g/mol. The van der Waals surface area contributed by atoms with Crippen LogP contribution in [0.4, 0.5) is 0 Å². The molecule has 1 unspecified atom stereocenters. The molecule has 0 aromatic heterocycles. The fourth-order valence-electron chi connectivity index (χ4n) is 2.77. The molecule has 7 heteroatoms. The molecule has 1 aromatic carbocycles. The average molecular weight is 393 g/mol. The number of thioether (sulfide) groups is 1. The van der Waals surface area contributed by atoms with Crippen molar-refractivity contribution in [1.29, 1.82) is 0 Å². The van der Waals surface area contributed by atoms with Gasteiger partial charge < -0.3 is 15.4 Å². The maximum Gasteiger partial charge on any atom is 0.239 e. The second-order valence-corrected chi connectivity index (χ2v) is 7.31. The number of hydrogen-bond acceptors (Lipinski definition) is 4. The van der Waals surface area contributed by atoms with E-state index in [1.54, 1.807) is 11.8 Å². The number of likely N-dealkylation sites (tertiary alicyclic amines) is 1. The maximum atomic E-state index is 12.4. The fourth-order valence-corrected chi connectivity index (χ4v) is 3.45. The van der Waals surface area contributed by atoms with Crippen molar-refractivity contribution in [2.75, 3.05) is 31.7 Å². The largest absolute Gasteiger partial charge is 0.492 e. The first-order valence-electron chi connectivity index (χ1n) is 8.02. The van der Waals surface area contributed by atoms with E-state index < -0.39 is 0 Å². The molecule has 2 rings (SSSR count). The number of nitrogens with zero attached hydrogens (tertiary/aromatic N) is 1. The summed E-state index contributed by atoms with van der Waals surface area (Å²) in [5, 5.41) is 0.621. The molecule has 1 aliphatic rings. The molecule has 0 spiro atoms. The number of para-hydroxylation sites is 1. The van der Waals surface area contributed by atoms with Crippen LogP contribution in [-0.4, -0.2) is 48.6 Å². The lowest BCUT2D eigenvalue weighted by molar-refractivity contribution is -0.134. The molecule has 4 nitrogen and oxygen atoms in total. The number of halogens is 2. The van der Waals surface area contributed by atoms with Crippen LogP contribution in [0.3, 0.4) is 0 Å². The Morgan fingerprint density at radius 1 is 1.50 bits per heavy atom. The van der Waals surface area contributed by atoms with Crippen LogP contribution in [0.1, 0.15) is 19.3 Å². The van der Waals surface area contributed by atoms with Crippen molar-refractivity contribution >= 4 is 41.7 Å². The molecule has 1 aliphatic heterocycles. The Labute approximate surface area is 159 Å². The normalized spacial score (nSPS) is 18.6. The molecule has 136 valence electrons. The molecule has 1 fully saturated rings. The van der Waals surface area contributed by atoms with E-state index in [0.717, 1.165) is 38.1 Å². The Balaban J connectivity index is 0.00000288. The number of rotatable bonds is 7. The van der Waals surface area contributed by atoms with Crippen LogP contribution in [0.15, 0.2) is 24.3 Å². The summed E-state index contributed by atoms with van der Waals surface area (Å²) in [6.45, 7) is 2.10. The molecule has 24 heavy (non-hydrogen) atoms. The molecule has 1 aromatic rings. The third-order valence-electron chi connectivity index (χ3n) is 4.09. The molecule has 1 heterocycles. The second-order valence-electron chi connectivity index (χ2n) is 5.92. The number of carbonyl (C=O) groups excluding carboxylic acids is 1. The van der Waals surface area contributed by atoms with Gasteiger partial charge in [0.15, 0.2) is 0 Å². The van der Waals surface area contributed by atoms with Gasteiger partial charge >= 0.3 is 0 Å². The Hall–Kier alpha value is -0.620. The lowest BCUT2D eigenvalue weighted by Crippen LogP contribution is -2.49. The van der Waals surface area contributed by atoms with Crippen molar-refractivity contribution < 1.29 is 9.53 Å². The number of hydrogen-bond donors (Lipinski definition) is 1. The van der Waals surface area contributed by atoms with Crippen molar-refractivity contribution in [3.05, 3.63) is 29.3 Å². The highest BCUT2D eigenvalue weighted by Gasteiger charge is 2.27. The van der Waals surface area contributed by atoms with Gasteiger partial charge in [-0.1, -0.05) is 23.7 Å². The van der Waals surface area contributed by atoms with E-state index in [2.05, 4.69) is 0 Å². The smallest absolute Gasteiger partial charge is 0.239 e. The van der Waals surface area contributed by atoms with E-state index in [1.807, 2.05) is 35.4 Å². The molecule has 2 N–H and O–H groups in total. The van der Waals surface area contributed by atoms with Crippen LogP contribution >= 0.6 is 35.8 Å². The Kier molecular flexibility index (Phi) is 9.89. The van der Waals surface area contributed by atoms with E-state index >= 15 is 0 Å². The van der Waals surface area contributed by atoms with Gasteiger partial charge in [0.25, 0.3) is 0 Å². The highest BCUT2D eigenvalue weighted by molar-refractivity contribution is 7.98. The van der Waals surface area contributed by atoms with Gasteiger partial charge in [-0.2, -0.15) is 11.8 Å². The summed E-state index contributed by atoms with van der Waals surface area (Å²) in [6.07, 6.45) is 4.82. The van der Waals surface area contributed by atoms with Crippen molar-refractivity contribution in [1.82, 2.24) is 4.90 Å². The first kappa shape index (κ1) is 21.4. The summed E-state index contributed by atoms with van der Waals surface area (Å²) in [6, 6.07) is 7.09. The van der Waals surface area contributed by atoms with Crippen LogP contribution < -0.4 is 10.5 Å². The molecule has 0 aliphatic carbocycles. The van der Waals surface area contributed by atoms with Gasteiger partial charge in [-0.25, -0.2) is 0 Å². The minimum absolute atomic E-state index is 0. The second kappa shape index (κ2) is 11.1. The number of piperidine rings is 1. The van der Waals surface area contributed by atoms with Crippen LogP contribution in [-0.2, 0) is 4.79 Å². The van der Waals surface area contributed by atoms with E-state index in [9.17, 15) is 4.79 Å². The highest BCUT2D eigenvalue weighted by Crippen LogP contribution is 2.25. The van der Waals surface area contributed by atoms with E-state index in [0.29, 0.717) is 23.3 Å².